The van der Waals surface area contributed by atoms with Crippen molar-refractivity contribution in [2.45, 2.75) is 89.6 Å². The number of hydrogen-bond donors (Lipinski definition) is 1. The van der Waals surface area contributed by atoms with Crippen molar-refractivity contribution in [2.24, 2.45) is 17.8 Å². The molecule has 3 fully saturated rings. The molecule has 4 atom stereocenters. The summed E-state index contributed by atoms with van der Waals surface area (Å²) in [5.74, 6) is 3.15. The number of nitrogens with one attached hydrogen (secondary N) is 1. The lowest BCUT2D eigenvalue weighted by Gasteiger charge is -2.41. The van der Waals surface area contributed by atoms with Crippen LogP contribution < -0.4 is 5.32 Å². The van der Waals surface area contributed by atoms with Crippen LogP contribution in [0, 0.1) is 17.8 Å². The van der Waals surface area contributed by atoms with Crippen LogP contribution in [0.25, 0.3) is 0 Å². The van der Waals surface area contributed by atoms with Gasteiger partial charge in [0.05, 0.1) is 0 Å². The van der Waals surface area contributed by atoms with Gasteiger partial charge in [-0.05, 0) is 56.8 Å². The van der Waals surface area contributed by atoms with Crippen LogP contribution in [0.1, 0.15) is 77.6 Å². The number of hydrogen-bond acceptors (Lipinski definition) is 1. The van der Waals surface area contributed by atoms with Gasteiger partial charge in [0, 0.05) is 12.1 Å². The monoisotopic (exact) mass is 249 g/mol. The maximum absolute atomic E-state index is 3.99. The van der Waals surface area contributed by atoms with E-state index in [1.807, 2.05) is 0 Å². The molecule has 3 aliphatic carbocycles. The molecule has 1 nitrogen and oxygen atoms in total. The van der Waals surface area contributed by atoms with Crippen LogP contribution >= 0.6 is 0 Å². The van der Waals surface area contributed by atoms with Crippen molar-refractivity contribution >= 4 is 0 Å². The van der Waals surface area contributed by atoms with E-state index < -0.39 is 0 Å². The number of fused-ring (bicyclic) bond motifs is 1. The van der Waals surface area contributed by atoms with Gasteiger partial charge < -0.3 is 5.32 Å². The Bertz CT molecular complexity index is 256. The Hall–Kier alpha value is -0.0400. The minimum absolute atomic E-state index is 0.776. The molecule has 0 saturated heterocycles. The molecule has 104 valence electrons. The summed E-state index contributed by atoms with van der Waals surface area (Å²) in [6.07, 6.45) is 16.5. The Kier molecular flexibility index (Phi) is 4.28. The zero-order valence-electron chi connectivity index (χ0n) is 12.2. The van der Waals surface area contributed by atoms with Gasteiger partial charge in [-0.1, -0.05) is 38.5 Å². The molecule has 3 unspecified atom stereocenters. The Morgan fingerprint density at radius 1 is 0.778 bits per heavy atom. The average molecular weight is 249 g/mol. The molecule has 0 amide bonds. The van der Waals surface area contributed by atoms with Crippen molar-refractivity contribution < 1.29 is 0 Å². The fourth-order valence-electron chi connectivity index (χ4n) is 4.99. The van der Waals surface area contributed by atoms with Crippen LogP contribution in [0.3, 0.4) is 0 Å². The highest BCUT2D eigenvalue weighted by atomic mass is 15.0. The Balaban J connectivity index is 1.48. The van der Waals surface area contributed by atoms with E-state index in [-0.39, 0.29) is 0 Å². The molecule has 1 N–H and O–H groups in total. The Labute approximate surface area is 113 Å². The molecular formula is C17H31N. The lowest BCUT2D eigenvalue weighted by atomic mass is 9.69. The Morgan fingerprint density at radius 2 is 1.44 bits per heavy atom. The van der Waals surface area contributed by atoms with E-state index in [2.05, 4.69) is 12.2 Å². The highest BCUT2D eigenvalue weighted by Gasteiger charge is 2.33. The van der Waals surface area contributed by atoms with Crippen molar-refractivity contribution in [1.82, 2.24) is 5.32 Å². The van der Waals surface area contributed by atoms with Crippen LogP contribution in [0.4, 0.5) is 0 Å². The van der Waals surface area contributed by atoms with Crippen molar-refractivity contribution in [2.75, 3.05) is 0 Å². The highest BCUT2D eigenvalue weighted by molar-refractivity contribution is 4.88. The van der Waals surface area contributed by atoms with E-state index in [0.717, 1.165) is 29.8 Å². The summed E-state index contributed by atoms with van der Waals surface area (Å²) in [5.41, 5.74) is 0. The van der Waals surface area contributed by atoms with Gasteiger partial charge >= 0.3 is 0 Å². The van der Waals surface area contributed by atoms with Gasteiger partial charge in [0.1, 0.15) is 0 Å². The van der Waals surface area contributed by atoms with Crippen LogP contribution in [0.2, 0.25) is 0 Å². The predicted molar refractivity (Wildman–Crippen MR) is 77.6 cm³/mol. The van der Waals surface area contributed by atoms with Crippen molar-refractivity contribution in [3.8, 4) is 0 Å². The molecule has 3 aliphatic rings. The molecule has 3 rings (SSSR count). The quantitative estimate of drug-likeness (QED) is 0.776. The van der Waals surface area contributed by atoms with Crippen LogP contribution in [0.15, 0.2) is 0 Å². The van der Waals surface area contributed by atoms with Gasteiger partial charge in [0.25, 0.3) is 0 Å². The summed E-state index contributed by atoms with van der Waals surface area (Å²) in [4.78, 5) is 0. The summed E-state index contributed by atoms with van der Waals surface area (Å²) in [6, 6.07) is 1.62. The van der Waals surface area contributed by atoms with E-state index in [4.69, 9.17) is 0 Å². The number of rotatable bonds is 3. The van der Waals surface area contributed by atoms with E-state index in [0.29, 0.717) is 0 Å². The molecule has 0 radical (unpaired) electrons. The van der Waals surface area contributed by atoms with Crippen molar-refractivity contribution in [3.05, 3.63) is 0 Å². The third kappa shape index (κ3) is 2.92. The van der Waals surface area contributed by atoms with Crippen LogP contribution in [0.5, 0.6) is 0 Å². The maximum atomic E-state index is 3.99. The van der Waals surface area contributed by atoms with Crippen molar-refractivity contribution in [1.29, 1.82) is 0 Å². The molecule has 0 aromatic carbocycles. The zero-order chi connectivity index (χ0) is 12.4. The molecule has 1 heteroatoms. The van der Waals surface area contributed by atoms with Gasteiger partial charge in [-0.3, -0.25) is 0 Å². The lowest BCUT2D eigenvalue weighted by Crippen LogP contribution is -2.44. The smallest absolute Gasteiger partial charge is 0.00724 e. The third-order valence-corrected chi connectivity index (χ3v) is 6.15. The molecule has 3 saturated carbocycles. The maximum Gasteiger partial charge on any atom is 0.00724 e. The first-order valence-electron chi connectivity index (χ1n) is 8.59. The fraction of sp³-hybridized carbons (Fsp3) is 1.00. The normalized spacial score (nSPS) is 39.5. The second-order valence-electron chi connectivity index (χ2n) is 7.31. The van der Waals surface area contributed by atoms with Crippen molar-refractivity contribution in [3.63, 3.8) is 0 Å². The molecule has 18 heavy (non-hydrogen) atoms. The largest absolute Gasteiger partial charge is 0.311 e. The minimum atomic E-state index is 0.776. The first-order chi connectivity index (χ1) is 8.83. The zero-order valence-corrected chi connectivity index (χ0v) is 12.2. The summed E-state index contributed by atoms with van der Waals surface area (Å²) < 4.78 is 0. The van der Waals surface area contributed by atoms with Crippen LogP contribution in [-0.2, 0) is 0 Å². The van der Waals surface area contributed by atoms with Gasteiger partial charge in [-0.15, -0.1) is 0 Å². The second kappa shape index (κ2) is 5.94. The summed E-state index contributed by atoms with van der Waals surface area (Å²) >= 11 is 0. The molecule has 0 aromatic heterocycles. The molecule has 0 aromatic rings. The average Bonchev–Trinajstić information content (AvgIpc) is 2.92. The predicted octanol–water partition coefficient (Wildman–Crippen LogP) is 4.51. The van der Waals surface area contributed by atoms with E-state index in [9.17, 15) is 0 Å². The Morgan fingerprint density at radius 3 is 2.22 bits per heavy atom. The van der Waals surface area contributed by atoms with E-state index >= 15 is 0 Å². The topological polar surface area (TPSA) is 12.0 Å². The highest BCUT2D eigenvalue weighted by Crippen LogP contribution is 2.40. The molecule has 0 bridgehead atoms. The second-order valence-corrected chi connectivity index (χ2v) is 7.31. The fourth-order valence-corrected chi connectivity index (χ4v) is 4.99. The van der Waals surface area contributed by atoms with Gasteiger partial charge in [-0.25, -0.2) is 0 Å². The van der Waals surface area contributed by atoms with E-state index in [1.165, 1.54) is 70.6 Å². The van der Waals surface area contributed by atoms with E-state index in [1.54, 1.807) is 0 Å². The summed E-state index contributed by atoms with van der Waals surface area (Å²) in [7, 11) is 0. The minimum Gasteiger partial charge on any atom is -0.311 e. The molecule has 0 aliphatic heterocycles. The van der Waals surface area contributed by atoms with Gasteiger partial charge in [0.15, 0.2) is 0 Å². The standard InChI is InChI=1S/C17H31N/c1-13(14-6-2-3-7-14)18-17-11-10-15-8-4-5-9-16(15)12-17/h13-18H,2-12H2,1H3/t13-,15?,16?,17?/m1/s1. The SMILES string of the molecule is C[C@@H](NC1CCC2CCCCC2C1)C1CCCC1. The summed E-state index contributed by atoms with van der Waals surface area (Å²) in [5, 5.41) is 3.99. The third-order valence-electron chi connectivity index (χ3n) is 6.15. The lowest BCUT2D eigenvalue weighted by molar-refractivity contribution is 0.134. The summed E-state index contributed by atoms with van der Waals surface area (Å²) in [6.45, 7) is 2.45. The first-order valence-corrected chi connectivity index (χ1v) is 8.59. The molecule has 0 heterocycles. The van der Waals surface area contributed by atoms with Gasteiger partial charge in [0.2, 0.25) is 0 Å². The molecule has 0 spiro atoms. The van der Waals surface area contributed by atoms with Crippen LogP contribution in [-0.4, -0.2) is 12.1 Å². The first kappa shape index (κ1) is 13.0. The molecular weight excluding hydrogens is 218 g/mol. The van der Waals surface area contributed by atoms with Gasteiger partial charge in [-0.2, -0.15) is 0 Å².